The molecule has 0 saturated carbocycles. The molecule has 1 rings (SSSR count). The number of hydrogen-bond acceptors (Lipinski definition) is 4. The molecule has 5 nitrogen and oxygen atoms in total. The lowest BCUT2D eigenvalue weighted by Crippen LogP contribution is -2.36. The van der Waals surface area contributed by atoms with Crippen molar-refractivity contribution in [1.82, 2.24) is 4.90 Å². The van der Waals surface area contributed by atoms with Gasteiger partial charge in [-0.1, -0.05) is 0 Å². The van der Waals surface area contributed by atoms with Gasteiger partial charge in [-0.2, -0.15) is 0 Å². The largest absolute Gasteiger partial charge is 0.513 e. The third-order valence-electron chi connectivity index (χ3n) is 2.96. The van der Waals surface area contributed by atoms with Crippen LogP contribution >= 0.6 is 0 Å². The molecular formula is C12H20N2O3. The Hall–Kier alpha value is -1.52. The van der Waals surface area contributed by atoms with Gasteiger partial charge in [0.05, 0.1) is 11.5 Å². The lowest BCUT2D eigenvalue weighted by Gasteiger charge is -2.31. The van der Waals surface area contributed by atoms with Gasteiger partial charge >= 0.3 is 0 Å². The number of piperidine rings is 1. The Morgan fingerprint density at radius 1 is 1.35 bits per heavy atom. The van der Waals surface area contributed by atoms with Crippen LogP contribution in [0.3, 0.4) is 0 Å². The lowest BCUT2D eigenvalue weighted by molar-refractivity contribution is -0.510. The van der Waals surface area contributed by atoms with Gasteiger partial charge < -0.3 is 10.0 Å². The number of hydrogen-bond donors (Lipinski definition) is 1. The van der Waals surface area contributed by atoms with E-state index in [1.807, 2.05) is 0 Å². The SMILES string of the molecule is C/C(O)=C\C=C(/C(C)[N+](=O)[O-])N1CCCCC1. The minimum Gasteiger partial charge on any atom is -0.513 e. The van der Waals surface area contributed by atoms with E-state index in [2.05, 4.69) is 4.90 Å². The highest BCUT2D eigenvalue weighted by Crippen LogP contribution is 2.19. The van der Waals surface area contributed by atoms with E-state index in [4.69, 9.17) is 5.11 Å². The van der Waals surface area contributed by atoms with Gasteiger partial charge in [0.1, 0.15) is 0 Å². The predicted molar refractivity (Wildman–Crippen MR) is 66.3 cm³/mol. The quantitative estimate of drug-likeness (QED) is 0.355. The number of rotatable bonds is 4. The number of aliphatic hydroxyl groups excluding tert-OH is 1. The number of nitrogens with zero attached hydrogens (tertiary/aromatic N) is 2. The molecule has 1 aliphatic rings. The summed E-state index contributed by atoms with van der Waals surface area (Å²) in [4.78, 5) is 12.6. The second-order valence-corrected chi connectivity index (χ2v) is 4.41. The van der Waals surface area contributed by atoms with E-state index >= 15 is 0 Å². The highest BCUT2D eigenvalue weighted by molar-refractivity contribution is 5.16. The topological polar surface area (TPSA) is 66.6 Å². The van der Waals surface area contributed by atoms with Crippen LogP contribution in [0.4, 0.5) is 0 Å². The van der Waals surface area contributed by atoms with E-state index in [-0.39, 0.29) is 10.7 Å². The zero-order valence-corrected chi connectivity index (χ0v) is 10.4. The Balaban J connectivity index is 2.88. The van der Waals surface area contributed by atoms with Gasteiger partial charge in [0.2, 0.25) is 6.04 Å². The molecule has 1 heterocycles. The standard InChI is InChI=1S/C12H20N2O3/c1-10(15)6-7-12(11(2)14(16)17)13-8-4-3-5-9-13/h6-7,11,15H,3-5,8-9H2,1-2H3/b10-6+,12-7+. The van der Waals surface area contributed by atoms with Crippen molar-refractivity contribution in [1.29, 1.82) is 0 Å². The third-order valence-corrected chi connectivity index (χ3v) is 2.96. The molecule has 1 fully saturated rings. The van der Waals surface area contributed by atoms with Gasteiger partial charge in [0.15, 0.2) is 0 Å². The summed E-state index contributed by atoms with van der Waals surface area (Å²) in [5.74, 6) is 0.162. The maximum atomic E-state index is 10.9. The summed E-state index contributed by atoms with van der Waals surface area (Å²) in [5, 5.41) is 20.0. The van der Waals surface area contributed by atoms with Gasteiger partial charge in [-0.15, -0.1) is 0 Å². The molecule has 5 heteroatoms. The first-order chi connectivity index (χ1) is 8.02. The monoisotopic (exact) mass is 240 g/mol. The second-order valence-electron chi connectivity index (χ2n) is 4.41. The molecule has 1 unspecified atom stereocenters. The molecule has 0 amide bonds. The highest BCUT2D eigenvalue weighted by atomic mass is 16.6. The van der Waals surface area contributed by atoms with Gasteiger partial charge in [-0.25, -0.2) is 0 Å². The van der Waals surface area contributed by atoms with Crippen molar-refractivity contribution in [3.8, 4) is 0 Å². The fraction of sp³-hybridized carbons (Fsp3) is 0.667. The number of nitro groups is 1. The van der Waals surface area contributed by atoms with E-state index in [0.717, 1.165) is 25.9 Å². The minimum absolute atomic E-state index is 0.162. The summed E-state index contributed by atoms with van der Waals surface area (Å²) in [6, 6.07) is -0.733. The summed E-state index contributed by atoms with van der Waals surface area (Å²) in [6.07, 6.45) is 6.51. The summed E-state index contributed by atoms with van der Waals surface area (Å²) in [5.41, 5.74) is 0.683. The number of aliphatic hydroxyl groups is 1. The smallest absolute Gasteiger partial charge is 0.249 e. The Kier molecular flexibility index (Phi) is 5.00. The Bertz CT molecular complexity index is 327. The second kappa shape index (κ2) is 6.27. The van der Waals surface area contributed by atoms with Gasteiger partial charge in [-0.3, -0.25) is 10.1 Å². The molecule has 17 heavy (non-hydrogen) atoms. The summed E-state index contributed by atoms with van der Waals surface area (Å²) >= 11 is 0. The van der Waals surface area contributed by atoms with Crippen molar-refractivity contribution in [3.05, 3.63) is 33.7 Å². The van der Waals surface area contributed by atoms with Crippen LogP contribution in [0, 0.1) is 10.1 Å². The van der Waals surface area contributed by atoms with Crippen molar-refractivity contribution >= 4 is 0 Å². The van der Waals surface area contributed by atoms with Crippen molar-refractivity contribution in [2.45, 2.75) is 39.2 Å². The molecule has 0 aromatic heterocycles. The number of likely N-dealkylation sites (tertiary alicyclic amines) is 1. The molecule has 0 aliphatic carbocycles. The number of allylic oxidation sites excluding steroid dienone is 3. The van der Waals surface area contributed by atoms with Crippen LogP contribution in [0.5, 0.6) is 0 Å². The fourth-order valence-electron chi connectivity index (χ4n) is 1.97. The molecule has 96 valence electrons. The first kappa shape index (κ1) is 13.5. The summed E-state index contributed by atoms with van der Waals surface area (Å²) < 4.78 is 0. The van der Waals surface area contributed by atoms with Crippen LogP contribution in [0.2, 0.25) is 0 Å². The maximum absolute atomic E-state index is 10.9. The van der Waals surface area contributed by atoms with E-state index < -0.39 is 6.04 Å². The summed E-state index contributed by atoms with van der Waals surface area (Å²) in [7, 11) is 0. The van der Waals surface area contributed by atoms with Crippen LogP contribution in [0.1, 0.15) is 33.1 Å². The summed E-state index contributed by atoms with van der Waals surface area (Å²) in [6.45, 7) is 4.87. The Morgan fingerprint density at radius 3 is 2.41 bits per heavy atom. The van der Waals surface area contributed by atoms with Crippen LogP contribution in [0.25, 0.3) is 0 Å². The molecule has 1 saturated heterocycles. The van der Waals surface area contributed by atoms with Crippen molar-refractivity contribution in [3.63, 3.8) is 0 Å². The molecule has 1 atom stereocenters. The first-order valence-electron chi connectivity index (χ1n) is 5.98. The highest BCUT2D eigenvalue weighted by Gasteiger charge is 2.25. The molecule has 1 N–H and O–H groups in total. The van der Waals surface area contributed by atoms with Crippen LogP contribution in [0.15, 0.2) is 23.6 Å². The van der Waals surface area contributed by atoms with E-state index in [0.29, 0.717) is 5.70 Å². The van der Waals surface area contributed by atoms with E-state index in [9.17, 15) is 10.1 Å². The molecule has 0 bridgehead atoms. The molecule has 0 aromatic rings. The average molecular weight is 240 g/mol. The van der Waals surface area contributed by atoms with Gasteiger partial charge in [-0.05, 0) is 38.3 Å². The van der Waals surface area contributed by atoms with Crippen LogP contribution < -0.4 is 0 Å². The Labute approximate surface area is 102 Å². The molecular weight excluding hydrogens is 220 g/mol. The predicted octanol–water partition coefficient (Wildman–Crippen LogP) is 2.48. The normalized spacial score (nSPS) is 20.2. The van der Waals surface area contributed by atoms with Crippen molar-refractivity contribution in [2.75, 3.05) is 13.1 Å². The molecule has 0 spiro atoms. The van der Waals surface area contributed by atoms with Gasteiger partial charge in [0.25, 0.3) is 0 Å². The first-order valence-corrected chi connectivity index (χ1v) is 5.98. The average Bonchev–Trinajstić information content (AvgIpc) is 2.30. The van der Waals surface area contributed by atoms with Crippen molar-refractivity contribution in [2.24, 2.45) is 0 Å². The lowest BCUT2D eigenvalue weighted by atomic mass is 10.1. The molecule has 0 radical (unpaired) electrons. The Morgan fingerprint density at radius 2 is 1.94 bits per heavy atom. The zero-order valence-electron chi connectivity index (χ0n) is 10.4. The van der Waals surface area contributed by atoms with Crippen LogP contribution in [-0.4, -0.2) is 34.1 Å². The third kappa shape index (κ3) is 4.09. The fourth-order valence-corrected chi connectivity index (χ4v) is 1.97. The van der Waals surface area contributed by atoms with Crippen molar-refractivity contribution < 1.29 is 10.0 Å². The minimum atomic E-state index is -0.733. The maximum Gasteiger partial charge on any atom is 0.249 e. The van der Waals surface area contributed by atoms with E-state index in [1.54, 1.807) is 19.9 Å². The van der Waals surface area contributed by atoms with E-state index in [1.165, 1.54) is 12.5 Å². The van der Waals surface area contributed by atoms with Gasteiger partial charge in [0, 0.05) is 24.9 Å². The molecule has 0 aromatic carbocycles. The zero-order chi connectivity index (χ0) is 12.8. The van der Waals surface area contributed by atoms with Crippen LogP contribution in [-0.2, 0) is 0 Å². The molecule has 1 aliphatic heterocycles.